The summed E-state index contributed by atoms with van der Waals surface area (Å²) in [6.45, 7) is 7.76. The van der Waals surface area contributed by atoms with Gasteiger partial charge in [-0.05, 0) is 12.8 Å². The van der Waals surface area contributed by atoms with Gasteiger partial charge in [-0.25, -0.2) is 9.97 Å². The number of hydrogen-bond donors (Lipinski definition) is 2. The topological polar surface area (TPSA) is 87.6 Å². The Kier molecular flexibility index (Phi) is 5.35. The summed E-state index contributed by atoms with van der Waals surface area (Å²) in [4.78, 5) is 10.5. The van der Waals surface area contributed by atoms with E-state index >= 15 is 0 Å². The van der Waals surface area contributed by atoms with Gasteiger partial charge in [0.05, 0.1) is 0 Å². The fourth-order valence-electron chi connectivity index (χ4n) is 1.65. The number of nitrogens with two attached hydrogens (primary N) is 1. The molecule has 6 nitrogen and oxygen atoms in total. The lowest BCUT2D eigenvalue weighted by Gasteiger charge is -2.25. The molecule has 0 aromatic carbocycles. The molecule has 1 aromatic heterocycles. The molecule has 0 aliphatic carbocycles. The van der Waals surface area contributed by atoms with E-state index in [1.165, 1.54) is 0 Å². The molecule has 0 saturated carbocycles. The van der Waals surface area contributed by atoms with Gasteiger partial charge in [0.15, 0.2) is 0 Å². The van der Waals surface area contributed by atoms with Crippen LogP contribution in [0.1, 0.15) is 26.0 Å². The van der Waals surface area contributed by atoms with Crippen LogP contribution in [0, 0.1) is 12.8 Å². The summed E-state index contributed by atoms with van der Waals surface area (Å²) in [6, 6.07) is 1.94. The first-order chi connectivity index (χ1) is 8.52. The van der Waals surface area contributed by atoms with Crippen LogP contribution in [0.4, 0.5) is 5.82 Å². The number of rotatable bonds is 6. The Morgan fingerprint density at radius 1 is 1.50 bits per heavy atom. The Bertz CT molecular complexity index is 405. The third-order valence-corrected chi connectivity index (χ3v) is 2.47. The van der Waals surface area contributed by atoms with Gasteiger partial charge >= 0.3 is 0 Å². The first-order valence-electron chi connectivity index (χ1n) is 6.03. The van der Waals surface area contributed by atoms with Gasteiger partial charge < -0.3 is 15.8 Å². The van der Waals surface area contributed by atoms with Crippen LogP contribution in [0.5, 0.6) is 0 Å². The van der Waals surface area contributed by atoms with E-state index in [0.29, 0.717) is 18.9 Å². The molecule has 1 rings (SSSR count). The zero-order valence-electron chi connectivity index (χ0n) is 11.2. The molecule has 18 heavy (non-hydrogen) atoms. The van der Waals surface area contributed by atoms with Crippen molar-refractivity contribution in [1.29, 1.82) is 0 Å². The van der Waals surface area contributed by atoms with Crippen molar-refractivity contribution in [1.82, 2.24) is 9.97 Å². The molecule has 6 heteroatoms. The van der Waals surface area contributed by atoms with Crippen molar-refractivity contribution in [3.63, 3.8) is 0 Å². The lowest BCUT2D eigenvalue weighted by molar-refractivity contribution is 0.317. The van der Waals surface area contributed by atoms with Gasteiger partial charge in [-0.3, -0.25) is 0 Å². The van der Waals surface area contributed by atoms with Crippen LogP contribution in [0.2, 0.25) is 0 Å². The molecular weight excluding hydrogens is 230 g/mol. The second-order valence-corrected chi connectivity index (χ2v) is 4.70. The van der Waals surface area contributed by atoms with E-state index in [-0.39, 0.29) is 5.84 Å². The quantitative estimate of drug-likeness (QED) is 0.345. The van der Waals surface area contributed by atoms with E-state index in [1.807, 2.05) is 13.0 Å². The van der Waals surface area contributed by atoms with Crippen LogP contribution >= 0.6 is 0 Å². The Balaban J connectivity index is 2.77. The predicted octanol–water partition coefficient (Wildman–Crippen LogP) is 1.38. The van der Waals surface area contributed by atoms with E-state index in [0.717, 1.165) is 18.1 Å². The highest BCUT2D eigenvalue weighted by Crippen LogP contribution is 2.13. The minimum atomic E-state index is 0.231. The Labute approximate surface area is 108 Å². The molecule has 0 spiro atoms. The van der Waals surface area contributed by atoms with Gasteiger partial charge in [0.25, 0.3) is 0 Å². The van der Waals surface area contributed by atoms with Crippen LogP contribution in [0.25, 0.3) is 0 Å². The minimum Gasteiger partial charge on any atom is -0.409 e. The number of oxime groups is 1. The predicted molar refractivity (Wildman–Crippen MR) is 71.8 cm³/mol. The van der Waals surface area contributed by atoms with Crippen LogP contribution in [-0.2, 0) is 0 Å². The summed E-state index contributed by atoms with van der Waals surface area (Å²) < 4.78 is 0. The van der Waals surface area contributed by atoms with Crippen molar-refractivity contribution in [2.45, 2.75) is 27.2 Å². The van der Waals surface area contributed by atoms with E-state index in [4.69, 9.17) is 10.9 Å². The Morgan fingerprint density at radius 2 is 2.22 bits per heavy atom. The van der Waals surface area contributed by atoms with E-state index in [1.54, 1.807) is 6.33 Å². The van der Waals surface area contributed by atoms with Gasteiger partial charge in [0.1, 0.15) is 18.0 Å². The smallest absolute Gasteiger partial charge is 0.140 e. The third-order valence-electron chi connectivity index (χ3n) is 2.47. The summed E-state index contributed by atoms with van der Waals surface area (Å²) >= 11 is 0. The van der Waals surface area contributed by atoms with E-state index in [2.05, 4.69) is 33.9 Å². The van der Waals surface area contributed by atoms with Crippen molar-refractivity contribution < 1.29 is 5.21 Å². The van der Waals surface area contributed by atoms with E-state index in [9.17, 15) is 0 Å². The molecule has 0 amide bonds. The summed E-state index contributed by atoms with van der Waals surface area (Å²) in [5.41, 5.74) is 6.43. The lowest BCUT2D eigenvalue weighted by Crippen LogP contribution is -2.32. The number of hydrogen-bond acceptors (Lipinski definition) is 5. The highest BCUT2D eigenvalue weighted by molar-refractivity contribution is 5.80. The maximum atomic E-state index is 8.56. The second kappa shape index (κ2) is 6.78. The highest BCUT2D eigenvalue weighted by atomic mass is 16.4. The van der Waals surface area contributed by atoms with Gasteiger partial charge in [-0.15, -0.1) is 0 Å². The van der Waals surface area contributed by atoms with Gasteiger partial charge in [-0.2, -0.15) is 0 Å². The molecule has 0 radical (unpaired) electrons. The van der Waals surface area contributed by atoms with Crippen LogP contribution in [-0.4, -0.2) is 34.1 Å². The summed E-state index contributed by atoms with van der Waals surface area (Å²) in [5, 5.41) is 11.5. The molecule has 0 fully saturated rings. The van der Waals surface area contributed by atoms with Crippen molar-refractivity contribution in [3.05, 3.63) is 18.1 Å². The Hall–Kier alpha value is -1.85. The van der Waals surface area contributed by atoms with Crippen molar-refractivity contribution in [3.8, 4) is 0 Å². The van der Waals surface area contributed by atoms with Crippen LogP contribution < -0.4 is 10.6 Å². The first-order valence-corrected chi connectivity index (χ1v) is 6.03. The maximum Gasteiger partial charge on any atom is 0.140 e. The number of aryl methyl sites for hydroxylation is 1. The zero-order chi connectivity index (χ0) is 13.5. The summed E-state index contributed by atoms with van der Waals surface area (Å²) in [5.74, 6) is 1.61. The Morgan fingerprint density at radius 3 is 2.78 bits per heavy atom. The molecule has 3 N–H and O–H groups in total. The third kappa shape index (κ3) is 4.57. The lowest BCUT2D eigenvalue weighted by atomic mass is 10.2. The molecule has 100 valence electrons. The summed E-state index contributed by atoms with van der Waals surface area (Å²) in [7, 11) is 0. The SMILES string of the molecule is Cc1cc(N(CCC(N)=NO)CC(C)C)ncn1. The number of anilines is 1. The fourth-order valence-corrected chi connectivity index (χ4v) is 1.65. The molecule has 1 heterocycles. The molecule has 0 bridgehead atoms. The zero-order valence-corrected chi connectivity index (χ0v) is 11.2. The molecular formula is C12H21N5O. The maximum absolute atomic E-state index is 8.56. The van der Waals surface area contributed by atoms with Gasteiger partial charge in [0.2, 0.25) is 0 Å². The summed E-state index contributed by atoms with van der Waals surface area (Å²) in [6.07, 6.45) is 2.06. The molecule has 0 unspecified atom stereocenters. The normalized spacial score (nSPS) is 11.9. The van der Waals surface area contributed by atoms with Crippen molar-refractivity contribution in [2.75, 3.05) is 18.0 Å². The average molecular weight is 251 g/mol. The van der Waals surface area contributed by atoms with E-state index < -0.39 is 0 Å². The monoisotopic (exact) mass is 251 g/mol. The highest BCUT2D eigenvalue weighted by Gasteiger charge is 2.11. The fraction of sp³-hybridized carbons (Fsp3) is 0.583. The molecule has 0 aliphatic heterocycles. The first kappa shape index (κ1) is 14.2. The van der Waals surface area contributed by atoms with Crippen LogP contribution in [0.15, 0.2) is 17.5 Å². The number of amidine groups is 1. The minimum absolute atomic E-state index is 0.231. The average Bonchev–Trinajstić information content (AvgIpc) is 2.33. The number of aromatic nitrogens is 2. The second-order valence-electron chi connectivity index (χ2n) is 4.70. The molecule has 1 aromatic rings. The van der Waals surface area contributed by atoms with Crippen molar-refractivity contribution >= 4 is 11.7 Å². The molecule has 0 aliphatic rings. The van der Waals surface area contributed by atoms with Gasteiger partial charge in [0, 0.05) is 31.3 Å². The largest absolute Gasteiger partial charge is 0.409 e. The standard InChI is InChI=1S/C12H21N5O/c1-9(2)7-17(5-4-11(13)16-18)12-6-10(3)14-8-15-12/h6,8-9,18H,4-5,7H2,1-3H3,(H2,13,16). The number of nitrogens with zero attached hydrogens (tertiary/aromatic N) is 4. The van der Waals surface area contributed by atoms with Crippen LogP contribution in [0.3, 0.4) is 0 Å². The van der Waals surface area contributed by atoms with Crippen molar-refractivity contribution in [2.24, 2.45) is 16.8 Å². The van der Waals surface area contributed by atoms with Gasteiger partial charge in [-0.1, -0.05) is 19.0 Å². The molecule has 0 saturated heterocycles. The molecule has 0 atom stereocenters.